The van der Waals surface area contributed by atoms with Crippen LogP contribution in [-0.4, -0.2) is 45.3 Å². The number of amides is 1. The summed E-state index contributed by atoms with van der Waals surface area (Å²) in [5, 5.41) is 2.09. The minimum absolute atomic E-state index is 0.00141. The normalized spacial score (nSPS) is 22.9. The standard InChI is InChI=1S/C21H26N4O2S/c26-20-17-13-24(12-16-4-2-10-28-16)9-7-18(17)22-19(23-20)15-3-1-8-25(11-15)21(27)14-5-6-14/h2,4,10,14-15H,1,3,5-9,11-13H2,(H,22,23,26)/t15-/m0/s1. The van der Waals surface area contributed by atoms with Crippen molar-refractivity contribution >= 4 is 17.2 Å². The Labute approximate surface area is 168 Å². The van der Waals surface area contributed by atoms with E-state index in [1.807, 2.05) is 4.90 Å². The van der Waals surface area contributed by atoms with Crippen LogP contribution in [0.5, 0.6) is 0 Å². The molecular weight excluding hydrogens is 372 g/mol. The smallest absolute Gasteiger partial charge is 0.255 e. The molecule has 3 aliphatic rings. The van der Waals surface area contributed by atoms with E-state index in [0.717, 1.165) is 68.8 Å². The minimum Gasteiger partial charge on any atom is -0.342 e. The summed E-state index contributed by atoms with van der Waals surface area (Å²) < 4.78 is 0. The van der Waals surface area contributed by atoms with Crippen molar-refractivity contribution in [2.24, 2.45) is 5.92 Å². The van der Waals surface area contributed by atoms with Crippen molar-refractivity contribution < 1.29 is 4.79 Å². The first kappa shape index (κ1) is 18.1. The van der Waals surface area contributed by atoms with Crippen LogP contribution < -0.4 is 5.56 Å². The average Bonchev–Trinajstić information content (AvgIpc) is 3.45. The van der Waals surface area contributed by atoms with E-state index in [2.05, 4.69) is 27.4 Å². The molecule has 5 rings (SSSR count). The molecule has 0 spiro atoms. The lowest BCUT2D eigenvalue weighted by Crippen LogP contribution is -2.41. The van der Waals surface area contributed by atoms with Gasteiger partial charge in [-0.05, 0) is 37.1 Å². The molecule has 1 amide bonds. The SMILES string of the molecule is O=C(C1CC1)N1CCC[C@H](c2nc3c(c(=O)[nH]2)CN(Cc2cccs2)CC3)C1. The highest BCUT2D eigenvalue weighted by atomic mass is 32.1. The number of nitrogens with zero attached hydrogens (tertiary/aromatic N) is 3. The second kappa shape index (κ2) is 7.44. The molecule has 1 saturated heterocycles. The number of likely N-dealkylation sites (tertiary alicyclic amines) is 1. The molecular formula is C21H26N4O2S. The van der Waals surface area contributed by atoms with E-state index in [1.54, 1.807) is 11.3 Å². The number of hydrogen-bond donors (Lipinski definition) is 1. The van der Waals surface area contributed by atoms with Crippen molar-refractivity contribution in [1.29, 1.82) is 0 Å². The van der Waals surface area contributed by atoms with Gasteiger partial charge in [-0.3, -0.25) is 14.5 Å². The van der Waals surface area contributed by atoms with Gasteiger partial charge in [0.1, 0.15) is 5.82 Å². The van der Waals surface area contributed by atoms with Crippen LogP contribution >= 0.6 is 11.3 Å². The molecule has 28 heavy (non-hydrogen) atoms. The number of hydrogen-bond acceptors (Lipinski definition) is 5. The summed E-state index contributed by atoms with van der Waals surface area (Å²) in [7, 11) is 0. The maximum absolute atomic E-state index is 12.8. The van der Waals surface area contributed by atoms with Gasteiger partial charge in [0, 0.05) is 55.9 Å². The Morgan fingerprint density at radius 1 is 1.29 bits per heavy atom. The third-order valence-electron chi connectivity index (χ3n) is 6.17. The van der Waals surface area contributed by atoms with Crippen LogP contribution in [0.1, 0.15) is 53.6 Å². The molecule has 2 aliphatic heterocycles. The minimum atomic E-state index is 0.00141. The number of aromatic amines is 1. The maximum atomic E-state index is 12.8. The third-order valence-corrected chi connectivity index (χ3v) is 7.03. The Kier molecular flexibility index (Phi) is 4.80. The topological polar surface area (TPSA) is 69.3 Å². The number of H-pyrrole nitrogens is 1. The average molecular weight is 399 g/mol. The third kappa shape index (κ3) is 3.65. The molecule has 7 heteroatoms. The van der Waals surface area contributed by atoms with Crippen molar-refractivity contribution in [3.63, 3.8) is 0 Å². The molecule has 1 saturated carbocycles. The highest BCUT2D eigenvalue weighted by molar-refractivity contribution is 7.09. The number of thiophene rings is 1. The molecule has 0 radical (unpaired) electrons. The maximum Gasteiger partial charge on any atom is 0.255 e. The molecule has 1 atom stereocenters. The van der Waals surface area contributed by atoms with Gasteiger partial charge < -0.3 is 9.88 Å². The van der Waals surface area contributed by atoms with Crippen LogP contribution in [0.2, 0.25) is 0 Å². The number of nitrogens with one attached hydrogen (secondary N) is 1. The van der Waals surface area contributed by atoms with E-state index in [-0.39, 0.29) is 17.4 Å². The summed E-state index contributed by atoms with van der Waals surface area (Å²) in [6, 6.07) is 4.21. The van der Waals surface area contributed by atoms with Gasteiger partial charge >= 0.3 is 0 Å². The number of fused-ring (bicyclic) bond motifs is 1. The predicted molar refractivity (Wildman–Crippen MR) is 108 cm³/mol. The number of aromatic nitrogens is 2. The molecule has 6 nitrogen and oxygen atoms in total. The number of piperidine rings is 1. The zero-order valence-electron chi connectivity index (χ0n) is 16.0. The van der Waals surface area contributed by atoms with Gasteiger partial charge in [-0.2, -0.15) is 0 Å². The Morgan fingerprint density at radius 3 is 2.96 bits per heavy atom. The van der Waals surface area contributed by atoms with Crippen molar-refractivity contribution in [2.45, 2.75) is 51.1 Å². The molecule has 2 aromatic rings. The highest BCUT2D eigenvalue weighted by Crippen LogP contribution is 2.34. The summed E-state index contributed by atoms with van der Waals surface area (Å²) in [6.45, 7) is 4.02. The summed E-state index contributed by atoms with van der Waals surface area (Å²) >= 11 is 1.76. The van der Waals surface area contributed by atoms with E-state index in [9.17, 15) is 9.59 Å². The van der Waals surface area contributed by atoms with E-state index in [0.29, 0.717) is 19.0 Å². The Morgan fingerprint density at radius 2 is 2.18 bits per heavy atom. The first-order valence-corrected chi connectivity index (χ1v) is 11.2. The molecule has 2 aromatic heterocycles. The Hall–Kier alpha value is -1.99. The van der Waals surface area contributed by atoms with Crippen LogP contribution in [0.25, 0.3) is 0 Å². The molecule has 0 aromatic carbocycles. The Balaban J connectivity index is 1.32. The van der Waals surface area contributed by atoms with Crippen molar-refractivity contribution in [2.75, 3.05) is 19.6 Å². The first-order valence-electron chi connectivity index (χ1n) is 10.3. The molecule has 2 fully saturated rings. The number of carbonyl (C=O) groups excluding carboxylic acids is 1. The predicted octanol–water partition coefficient (Wildman–Crippen LogP) is 2.51. The fourth-order valence-electron chi connectivity index (χ4n) is 4.44. The van der Waals surface area contributed by atoms with Gasteiger partial charge in [0.15, 0.2) is 0 Å². The summed E-state index contributed by atoms with van der Waals surface area (Å²) in [4.78, 5) is 38.8. The fourth-order valence-corrected chi connectivity index (χ4v) is 5.19. The largest absolute Gasteiger partial charge is 0.342 e. The summed E-state index contributed by atoms with van der Waals surface area (Å²) in [5.74, 6) is 1.49. The van der Waals surface area contributed by atoms with Crippen molar-refractivity contribution in [3.05, 3.63) is 49.8 Å². The zero-order valence-corrected chi connectivity index (χ0v) is 16.8. The van der Waals surface area contributed by atoms with E-state index >= 15 is 0 Å². The van der Waals surface area contributed by atoms with E-state index < -0.39 is 0 Å². The lowest BCUT2D eigenvalue weighted by molar-refractivity contribution is -0.133. The lowest BCUT2D eigenvalue weighted by atomic mass is 9.96. The number of carbonyl (C=O) groups is 1. The van der Waals surface area contributed by atoms with Gasteiger partial charge in [0.05, 0.1) is 11.3 Å². The van der Waals surface area contributed by atoms with Crippen LogP contribution in [0.15, 0.2) is 22.3 Å². The van der Waals surface area contributed by atoms with Crippen LogP contribution in [0, 0.1) is 5.92 Å². The molecule has 4 heterocycles. The first-order chi connectivity index (χ1) is 13.7. The summed E-state index contributed by atoms with van der Waals surface area (Å²) in [6.07, 6.45) is 4.86. The molecule has 0 bridgehead atoms. The lowest BCUT2D eigenvalue weighted by Gasteiger charge is -2.33. The Bertz CT molecular complexity index is 919. The van der Waals surface area contributed by atoms with Crippen LogP contribution in [0.3, 0.4) is 0 Å². The van der Waals surface area contributed by atoms with Crippen LogP contribution in [0.4, 0.5) is 0 Å². The highest BCUT2D eigenvalue weighted by Gasteiger charge is 2.36. The zero-order chi connectivity index (χ0) is 19.1. The van der Waals surface area contributed by atoms with Gasteiger partial charge in [0.25, 0.3) is 5.56 Å². The second-order valence-corrected chi connectivity index (χ2v) is 9.35. The quantitative estimate of drug-likeness (QED) is 0.859. The summed E-state index contributed by atoms with van der Waals surface area (Å²) in [5.41, 5.74) is 1.77. The molecule has 1 aliphatic carbocycles. The van der Waals surface area contributed by atoms with Gasteiger partial charge in [-0.15, -0.1) is 11.3 Å². The molecule has 148 valence electrons. The van der Waals surface area contributed by atoms with Crippen LogP contribution in [-0.2, 0) is 24.3 Å². The number of rotatable bonds is 4. The second-order valence-electron chi connectivity index (χ2n) is 8.31. The molecule has 1 N–H and O–H groups in total. The van der Waals surface area contributed by atoms with Gasteiger partial charge in [0.2, 0.25) is 5.91 Å². The monoisotopic (exact) mass is 398 g/mol. The fraction of sp³-hybridized carbons (Fsp3) is 0.571. The van der Waals surface area contributed by atoms with Crippen molar-refractivity contribution in [3.8, 4) is 0 Å². The molecule has 0 unspecified atom stereocenters. The van der Waals surface area contributed by atoms with E-state index in [4.69, 9.17) is 4.98 Å². The van der Waals surface area contributed by atoms with Gasteiger partial charge in [-0.25, -0.2) is 4.98 Å². The van der Waals surface area contributed by atoms with E-state index in [1.165, 1.54) is 4.88 Å². The van der Waals surface area contributed by atoms with Gasteiger partial charge in [-0.1, -0.05) is 6.07 Å². The van der Waals surface area contributed by atoms with Crippen molar-refractivity contribution in [1.82, 2.24) is 19.8 Å².